The van der Waals surface area contributed by atoms with E-state index in [-0.39, 0.29) is 27.1 Å². The summed E-state index contributed by atoms with van der Waals surface area (Å²) in [6, 6.07) is 60.3. The van der Waals surface area contributed by atoms with Crippen LogP contribution in [0.2, 0.25) is 0 Å². The molecular weight excluding hydrogens is 862 g/mol. The van der Waals surface area contributed by atoms with Crippen molar-refractivity contribution >= 4 is 72.9 Å². The van der Waals surface area contributed by atoms with Crippen molar-refractivity contribution < 1.29 is 20.1 Å². The second-order valence-electron chi connectivity index (χ2n) is 14.3. The van der Waals surface area contributed by atoms with Gasteiger partial charge in [-0.15, -0.1) is 30.3 Å². The molecule has 2 aliphatic heterocycles. The van der Waals surface area contributed by atoms with Gasteiger partial charge < -0.3 is 18.8 Å². The Balaban J connectivity index is 0.000000156. The first-order valence-corrected chi connectivity index (χ1v) is 18.7. The SMILES string of the molecule is Cc1cccc(C)c1B1N(C)c2ccc[c-]c2-c2nccn21.[Ir+3].[c-]1ccccc1N1[CH-]n2c3ccccc3c3ccccc3c3ccccc3c3cccc1c32. The van der Waals surface area contributed by atoms with Crippen LogP contribution in [0.4, 0.5) is 17.1 Å². The average molecular weight is 899 g/mol. The van der Waals surface area contributed by atoms with Gasteiger partial charge >= 0.3 is 27.1 Å². The van der Waals surface area contributed by atoms with Crippen molar-refractivity contribution in [2.24, 2.45) is 0 Å². The molecule has 0 atom stereocenters. The summed E-state index contributed by atoms with van der Waals surface area (Å²) in [5.41, 5.74) is 10.8. The van der Waals surface area contributed by atoms with Crippen molar-refractivity contribution in [1.29, 1.82) is 0 Å². The molecule has 0 saturated heterocycles. The zero-order valence-corrected chi connectivity index (χ0v) is 33.7. The number of imidazole rings is 1. The minimum absolute atomic E-state index is 0. The maximum absolute atomic E-state index is 4.57. The topological polar surface area (TPSA) is 29.2 Å². The predicted octanol–water partition coefficient (Wildman–Crippen LogP) is 10.8. The molecule has 0 saturated carbocycles. The summed E-state index contributed by atoms with van der Waals surface area (Å²) in [7, 11) is 2.14. The fourth-order valence-corrected chi connectivity index (χ4v) is 8.65. The van der Waals surface area contributed by atoms with E-state index in [1.165, 1.54) is 65.6 Å². The number of para-hydroxylation sites is 3. The Labute approximate surface area is 341 Å². The molecule has 56 heavy (non-hydrogen) atoms. The number of aryl methyl sites for hydroxylation is 2. The molecule has 2 aliphatic rings. The molecule has 2 aromatic heterocycles. The molecule has 5 nitrogen and oxygen atoms in total. The number of hydrogen-bond acceptors (Lipinski definition) is 3. The Hall–Kier alpha value is -6.27. The molecule has 0 fully saturated rings. The number of benzene rings is 7. The quantitative estimate of drug-likeness (QED) is 0.128. The van der Waals surface area contributed by atoms with E-state index < -0.39 is 0 Å². The van der Waals surface area contributed by atoms with Crippen LogP contribution in [0.5, 0.6) is 0 Å². The summed E-state index contributed by atoms with van der Waals surface area (Å²) in [4.78, 5) is 9.13. The van der Waals surface area contributed by atoms with E-state index >= 15 is 0 Å². The van der Waals surface area contributed by atoms with E-state index in [0.717, 1.165) is 22.8 Å². The molecular formula is C49H37BIrN5. The maximum atomic E-state index is 4.57. The molecule has 0 spiro atoms. The number of hydrogen-bond donors (Lipinski definition) is 0. The standard InChI is InChI=1S/C31H20N2.C18H17BN3.Ir/c1-2-11-22(12-3-1)32-21-33-29-19-9-8-17-27(29)25-15-6-4-13-23(25)24-14-5-7-16-26(24)28-18-10-20-30(32)31(28)33;1-13-7-6-8-14(2)17(13)19-21(3)16-10-5-4-9-15(16)18-20-11-12-22(18)19;/h1-11,13-21H;4-8,10-12H,1-3H3;/q-2;-1;+3. The Morgan fingerprint density at radius 1 is 0.589 bits per heavy atom. The Bertz CT molecular complexity index is 2970. The summed E-state index contributed by atoms with van der Waals surface area (Å²) in [6.45, 7) is 6.69. The third-order valence-electron chi connectivity index (χ3n) is 11.1. The van der Waals surface area contributed by atoms with Gasteiger partial charge in [-0.2, -0.15) is 24.3 Å². The van der Waals surface area contributed by atoms with Crippen molar-refractivity contribution in [2.75, 3.05) is 16.8 Å². The van der Waals surface area contributed by atoms with Crippen LogP contribution in [0.3, 0.4) is 0 Å². The van der Waals surface area contributed by atoms with Crippen LogP contribution in [-0.4, -0.2) is 28.1 Å². The zero-order chi connectivity index (χ0) is 37.0. The Kier molecular flexibility index (Phi) is 9.13. The van der Waals surface area contributed by atoms with Crippen molar-refractivity contribution in [3.63, 3.8) is 0 Å². The minimum atomic E-state index is 0. The average Bonchev–Trinajstić information content (AvgIpc) is 3.89. The third-order valence-corrected chi connectivity index (χ3v) is 11.1. The number of rotatable bonds is 2. The van der Waals surface area contributed by atoms with Crippen LogP contribution in [0.15, 0.2) is 164 Å². The van der Waals surface area contributed by atoms with Crippen LogP contribution >= 0.6 is 0 Å². The smallest absolute Gasteiger partial charge is 0.459 e. The van der Waals surface area contributed by atoms with Gasteiger partial charge in [0.25, 0.3) is 0 Å². The van der Waals surface area contributed by atoms with E-state index in [2.05, 4.69) is 197 Å². The summed E-state index contributed by atoms with van der Waals surface area (Å²) in [6.07, 6.45) is 3.94. The molecule has 0 amide bonds. The van der Waals surface area contributed by atoms with Gasteiger partial charge in [-0.05, 0) is 76.9 Å². The van der Waals surface area contributed by atoms with Crippen LogP contribution in [0, 0.1) is 32.6 Å². The maximum Gasteiger partial charge on any atom is 3.00 e. The molecule has 0 N–H and O–H groups in total. The fraction of sp³-hybridized carbons (Fsp3) is 0.0612. The molecule has 0 unspecified atom stereocenters. The van der Waals surface area contributed by atoms with E-state index in [0.29, 0.717) is 0 Å². The third kappa shape index (κ3) is 5.66. The predicted molar refractivity (Wildman–Crippen MR) is 231 cm³/mol. The van der Waals surface area contributed by atoms with Crippen LogP contribution in [0.1, 0.15) is 11.1 Å². The van der Waals surface area contributed by atoms with E-state index in [1.54, 1.807) is 0 Å². The summed E-state index contributed by atoms with van der Waals surface area (Å²) in [5.74, 6) is 0.987. The molecule has 0 bridgehead atoms. The second kappa shape index (κ2) is 14.4. The molecule has 0 aliphatic carbocycles. The van der Waals surface area contributed by atoms with Gasteiger partial charge in [0.15, 0.2) is 0 Å². The molecule has 9 aromatic rings. The first-order valence-electron chi connectivity index (χ1n) is 18.7. The normalized spacial score (nSPS) is 12.4. The van der Waals surface area contributed by atoms with Crippen molar-refractivity contribution in [1.82, 2.24) is 14.0 Å². The molecule has 7 aromatic carbocycles. The van der Waals surface area contributed by atoms with Crippen LogP contribution in [0.25, 0.3) is 54.7 Å². The van der Waals surface area contributed by atoms with Gasteiger partial charge in [0, 0.05) is 23.9 Å². The number of fused-ring (bicyclic) bond motifs is 10. The van der Waals surface area contributed by atoms with E-state index in [9.17, 15) is 0 Å². The molecule has 4 heterocycles. The van der Waals surface area contributed by atoms with Crippen LogP contribution < -0.4 is 15.2 Å². The minimum Gasteiger partial charge on any atom is -0.459 e. The van der Waals surface area contributed by atoms with Crippen molar-refractivity contribution in [2.45, 2.75) is 13.8 Å². The van der Waals surface area contributed by atoms with E-state index in [1.807, 2.05) is 30.5 Å². The summed E-state index contributed by atoms with van der Waals surface area (Å²) in [5, 5.41) is 7.44. The monoisotopic (exact) mass is 899 g/mol. The largest absolute Gasteiger partial charge is 3.00 e. The second-order valence-corrected chi connectivity index (χ2v) is 14.3. The summed E-state index contributed by atoms with van der Waals surface area (Å²) >= 11 is 0. The molecule has 11 rings (SSSR count). The fourth-order valence-electron chi connectivity index (χ4n) is 8.65. The van der Waals surface area contributed by atoms with Gasteiger partial charge in [-0.25, -0.2) is 0 Å². The first kappa shape index (κ1) is 35.4. The van der Waals surface area contributed by atoms with Gasteiger partial charge in [0.2, 0.25) is 0 Å². The Morgan fingerprint density at radius 3 is 1.89 bits per heavy atom. The number of aromatic nitrogens is 3. The summed E-state index contributed by atoms with van der Waals surface area (Å²) < 4.78 is 4.59. The number of anilines is 3. The zero-order valence-electron chi connectivity index (χ0n) is 31.3. The number of nitrogens with zero attached hydrogens (tertiary/aromatic N) is 5. The van der Waals surface area contributed by atoms with E-state index in [4.69, 9.17) is 0 Å². The van der Waals surface area contributed by atoms with Gasteiger partial charge in [0.05, 0.1) is 0 Å². The van der Waals surface area contributed by atoms with Crippen molar-refractivity contribution in [3.8, 4) is 11.4 Å². The van der Waals surface area contributed by atoms with Gasteiger partial charge in [-0.3, -0.25) is 4.98 Å². The molecule has 0 radical (unpaired) electrons. The molecule has 270 valence electrons. The van der Waals surface area contributed by atoms with Crippen molar-refractivity contribution in [3.05, 3.63) is 194 Å². The first-order chi connectivity index (χ1) is 27.1. The van der Waals surface area contributed by atoms with Crippen LogP contribution in [-0.2, 0) is 20.1 Å². The van der Waals surface area contributed by atoms with Gasteiger partial charge in [0.1, 0.15) is 0 Å². The Morgan fingerprint density at radius 2 is 1.18 bits per heavy atom. The van der Waals surface area contributed by atoms with Gasteiger partial charge in [-0.1, -0.05) is 137 Å². The molecule has 7 heteroatoms.